The zero-order valence-corrected chi connectivity index (χ0v) is 19.7. The Morgan fingerprint density at radius 3 is 2.52 bits per heavy atom. The van der Waals surface area contributed by atoms with E-state index in [9.17, 15) is 4.79 Å². The maximum atomic E-state index is 11.4. The second-order valence-electron chi connectivity index (χ2n) is 8.39. The third kappa shape index (κ3) is 8.54. The monoisotopic (exact) mass is 493 g/mol. The number of guanidine groups is 1. The Morgan fingerprint density at radius 1 is 1.22 bits per heavy atom. The molecule has 1 aliphatic heterocycles. The Kier molecular flexibility index (Phi) is 11.6. The molecule has 1 atom stereocenters. The molecule has 7 heteroatoms. The molecular formula is C20H40IN5O. The first-order chi connectivity index (χ1) is 12.5. The topological polar surface area (TPSA) is 82.8 Å². The highest BCUT2D eigenvalue weighted by Crippen LogP contribution is 2.29. The van der Waals surface area contributed by atoms with Gasteiger partial charge in [0.15, 0.2) is 5.96 Å². The van der Waals surface area contributed by atoms with Gasteiger partial charge in [0.2, 0.25) is 5.91 Å². The number of primary amides is 1. The maximum Gasteiger partial charge on any atom is 0.221 e. The molecule has 6 nitrogen and oxygen atoms in total. The van der Waals surface area contributed by atoms with Crippen molar-refractivity contribution in [3.8, 4) is 0 Å². The molecule has 2 aliphatic rings. The summed E-state index contributed by atoms with van der Waals surface area (Å²) in [5, 5.41) is 7.03. The summed E-state index contributed by atoms with van der Waals surface area (Å²) in [6.45, 7) is 8.49. The molecule has 1 saturated heterocycles. The highest BCUT2D eigenvalue weighted by Gasteiger charge is 2.24. The molecule has 27 heavy (non-hydrogen) atoms. The smallest absolute Gasteiger partial charge is 0.221 e. The third-order valence-corrected chi connectivity index (χ3v) is 6.13. The van der Waals surface area contributed by atoms with Crippen molar-refractivity contribution < 1.29 is 4.79 Å². The summed E-state index contributed by atoms with van der Waals surface area (Å²) < 4.78 is 0. The molecule has 1 heterocycles. The average molecular weight is 493 g/mol. The number of nitrogens with zero attached hydrogens (tertiary/aromatic N) is 2. The summed E-state index contributed by atoms with van der Waals surface area (Å²) in [7, 11) is 1.84. The number of aliphatic imine (C=N–C) groups is 1. The van der Waals surface area contributed by atoms with Gasteiger partial charge in [-0.1, -0.05) is 13.8 Å². The number of likely N-dealkylation sites (tertiary alicyclic amines) is 1. The van der Waals surface area contributed by atoms with Crippen LogP contribution in [0.1, 0.15) is 58.8 Å². The number of hydrogen-bond acceptors (Lipinski definition) is 3. The standard InChI is InChI=1S/C20H39N5O.HI/c1-15(2)16-7-9-18(10-8-16)24-20(22-3)23-11-5-13-25-12-4-6-17(14-25)19(21)26;/h15-18H,4-14H2,1-3H3,(H2,21,26)(H2,22,23,24);1H. The predicted molar refractivity (Wildman–Crippen MR) is 123 cm³/mol. The zero-order chi connectivity index (χ0) is 18.9. The van der Waals surface area contributed by atoms with Crippen LogP contribution in [0.3, 0.4) is 0 Å². The number of nitrogens with one attached hydrogen (secondary N) is 2. The summed E-state index contributed by atoms with van der Waals surface area (Å²) in [6.07, 6.45) is 8.19. The molecular weight excluding hydrogens is 453 g/mol. The number of piperidine rings is 1. The lowest BCUT2D eigenvalue weighted by atomic mass is 9.80. The van der Waals surface area contributed by atoms with Gasteiger partial charge in [-0.05, 0) is 69.9 Å². The van der Waals surface area contributed by atoms with E-state index in [1.165, 1.54) is 25.7 Å². The minimum absolute atomic E-state index is 0. The molecule has 2 fully saturated rings. The second kappa shape index (κ2) is 12.8. The third-order valence-electron chi connectivity index (χ3n) is 6.13. The van der Waals surface area contributed by atoms with Crippen LogP contribution >= 0.6 is 24.0 Å². The van der Waals surface area contributed by atoms with Crippen molar-refractivity contribution >= 4 is 35.8 Å². The molecule has 4 N–H and O–H groups in total. The highest BCUT2D eigenvalue weighted by molar-refractivity contribution is 14.0. The van der Waals surface area contributed by atoms with Gasteiger partial charge in [-0.2, -0.15) is 0 Å². The molecule has 1 aliphatic carbocycles. The van der Waals surface area contributed by atoms with Crippen LogP contribution in [0.2, 0.25) is 0 Å². The van der Waals surface area contributed by atoms with Crippen LogP contribution in [-0.4, -0.2) is 56.0 Å². The number of rotatable bonds is 7. The van der Waals surface area contributed by atoms with E-state index in [1.54, 1.807) is 0 Å². The summed E-state index contributed by atoms with van der Waals surface area (Å²) >= 11 is 0. The van der Waals surface area contributed by atoms with Crippen molar-refractivity contribution in [3.05, 3.63) is 0 Å². The van der Waals surface area contributed by atoms with Gasteiger partial charge in [0.25, 0.3) is 0 Å². The van der Waals surface area contributed by atoms with Crippen LogP contribution in [0, 0.1) is 17.8 Å². The van der Waals surface area contributed by atoms with E-state index >= 15 is 0 Å². The van der Waals surface area contributed by atoms with Crippen LogP contribution < -0.4 is 16.4 Å². The molecule has 0 radical (unpaired) electrons. The Morgan fingerprint density at radius 2 is 1.93 bits per heavy atom. The lowest BCUT2D eigenvalue weighted by Gasteiger charge is -2.32. The van der Waals surface area contributed by atoms with E-state index in [-0.39, 0.29) is 35.8 Å². The quantitative estimate of drug-likeness (QED) is 0.220. The van der Waals surface area contributed by atoms with Crippen LogP contribution in [-0.2, 0) is 4.79 Å². The summed E-state index contributed by atoms with van der Waals surface area (Å²) in [6, 6.07) is 0.551. The lowest BCUT2D eigenvalue weighted by Crippen LogP contribution is -2.46. The van der Waals surface area contributed by atoms with Gasteiger partial charge in [0.1, 0.15) is 0 Å². The number of nitrogens with two attached hydrogens (primary N) is 1. The minimum Gasteiger partial charge on any atom is -0.369 e. The van der Waals surface area contributed by atoms with Crippen molar-refractivity contribution in [2.45, 2.75) is 64.8 Å². The fourth-order valence-corrected chi connectivity index (χ4v) is 4.32. The van der Waals surface area contributed by atoms with Crippen LogP contribution in [0.25, 0.3) is 0 Å². The predicted octanol–water partition coefficient (Wildman–Crippen LogP) is 2.57. The molecule has 158 valence electrons. The number of amides is 1. The van der Waals surface area contributed by atoms with Gasteiger partial charge in [-0.15, -0.1) is 24.0 Å². The van der Waals surface area contributed by atoms with E-state index < -0.39 is 0 Å². The van der Waals surface area contributed by atoms with Gasteiger partial charge in [0, 0.05) is 26.2 Å². The summed E-state index contributed by atoms with van der Waals surface area (Å²) in [5.41, 5.74) is 5.45. The first-order valence-electron chi connectivity index (χ1n) is 10.5. The van der Waals surface area contributed by atoms with Gasteiger partial charge in [0.05, 0.1) is 5.92 Å². The Hall–Kier alpha value is -0.570. The summed E-state index contributed by atoms with van der Waals surface area (Å²) in [4.78, 5) is 18.1. The van der Waals surface area contributed by atoms with Crippen LogP contribution in [0.4, 0.5) is 0 Å². The van der Waals surface area contributed by atoms with Crippen LogP contribution in [0.5, 0.6) is 0 Å². The average Bonchev–Trinajstić information content (AvgIpc) is 2.64. The van der Waals surface area contributed by atoms with Crippen molar-refractivity contribution in [2.24, 2.45) is 28.5 Å². The van der Waals surface area contributed by atoms with E-state index in [2.05, 4.69) is 34.4 Å². The first-order valence-corrected chi connectivity index (χ1v) is 10.5. The van der Waals surface area contributed by atoms with Gasteiger partial charge < -0.3 is 21.3 Å². The van der Waals surface area contributed by atoms with Gasteiger partial charge in [-0.25, -0.2) is 0 Å². The van der Waals surface area contributed by atoms with Crippen LogP contribution in [0.15, 0.2) is 4.99 Å². The van der Waals surface area contributed by atoms with E-state index in [1.807, 2.05) is 7.05 Å². The molecule has 1 amide bonds. The largest absolute Gasteiger partial charge is 0.369 e. The number of halogens is 1. The molecule has 0 spiro atoms. The maximum absolute atomic E-state index is 11.4. The first kappa shape index (κ1) is 24.5. The molecule has 0 aromatic heterocycles. The lowest BCUT2D eigenvalue weighted by molar-refractivity contribution is -0.123. The van der Waals surface area contributed by atoms with Crippen molar-refractivity contribution in [1.29, 1.82) is 0 Å². The molecule has 1 unspecified atom stereocenters. The fourth-order valence-electron chi connectivity index (χ4n) is 4.32. The Bertz CT molecular complexity index is 463. The summed E-state index contributed by atoms with van der Waals surface area (Å²) in [5.74, 6) is 2.50. The zero-order valence-electron chi connectivity index (χ0n) is 17.4. The van der Waals surface area contributed by atoms with Crippen molar-refractivity contribution in [1.82, 2.24) is 15.5 Å². The fraction of sp³-hybridized carbons (Fsp3) is 0.900. The Balaban J connectivity index is 0.00000364. The van der Waals surface area contributed by atoms with E-state index in [4.69, 9.17) is 5.73 Å². The van der Waals surface area contributed by atoms with Gasteiger partial charge >= 0.3 is 0 Å². The normalized spacial score (nSPS) is 27.1. The Labute approximate surface area is 182 Å². The van der Waals surface area contributed by atoms with Gasteiger partial charge in [-0.3, -0.25) is 9.79 Å². The molecule has 1 saturated carbocycles. The van der Waals surface area contributed by atoms with E-state index in [0.29, 0.717) is 6.04 Å². The second-order valence-corrected chi connectivity index (χ2v) is 8.39. The minimum atomic E-state index is -0.149. The molecule has 2 rings (SSSR count). The van der Waals surface area contributed by atoms with E-state index in [0.717, 1.165) is 63.2 Å². The molecule has 0 bridgehead atoms. The molecule has 0 aromatic carbocycles. The van der Waals surface area contributed by atoms with Crippen molar-refractivity contribution in [3.63, 3.8) is 0 Å². The SMILES string of the molecule is CN=C(NCCCN1CCCC(C(N)=O)C1)NC1CCC(C(C)C)CC1.I. The van der Waals surface area contributed by atoms with Crippen molar-refractivity contribution in [2.75, 3.05) is 33.2 Å². The molecule has 0 aromatic rings. The highest BCUT2D eigenvalue weighted by atomic mass is 127. The number of hydrogen-bond donors (Lipinski definition) is 3. The number of carbonyl (C=O) groups excluding carboxylic acids is 1. The number of carbonyl (C=O) groups is 1.